The summed E-state index contributed by atoms with van der Waals surface area (Å²) in [7, 11) is 0. The molecule has 2 aromatic rings. The molecule has 0 aliphatic carbocycles. The van der Waals surface area contributed by atoms with E-state index in [0.717, 1.165) is 18.7 Å². The number of nitrogens with one attached hydrogen (secondary N) is 1. The van der Waals surface area contributed by atoms with Crippen molar-refractivity contribution in [2.75, 3.05) is 0 Å². The van der Waals surface area contributed by atoms with Crippen LogP contribution in [0.15, 0.2) is 22.7 Å². The van der Waals surface area contributed by atoms with Gasteiger partial charge in [0.15, 0.2) is 5.82 Å². The Morgan fingerprint density at radius 1 is 1.44 bits per heavy atom. The highest BCUT2D eigenvalue weighted by Crippen LogP contribution is 2.27. The molecule has 1 heterocycles. The van der Waals surface area contributed by atoms with E-state index in [2.05, 4.69) is 38.0 Å². The van der Waals surface area contributed by atoms with Crippen molar-refractivity contribution in [3.63, 3.8) is 0 Å². The van der Waals surface area contributed by atoms with Gasteiger partial charge in [-0.2, -0.15) is 5.10 Å². The number of halogens is 2. The highest BCUT2D eigenvalue weighted by Gasteiger charge is 2.11. The first-order chi connectivity index (χ1) is 7.72. The number of nitrogens with zero attached hydrogens (tertiary/aromatic N) is 2. The van der Waals surface area contributed by atoms with E-state index >= 15 is 0 Å². The van der Waals surface area contributed by atoms with E-state index in [1.807, 2.05) is 0 Å². The maximum atomic E-state index is 13.3. The first-order valence-electron chi connectivity index (χ1n) is 5.08. The zero-order valence-corrected chi connectivity index (χ0v) is 10.4. The highest BCUT2D eigenvalue weighted by atomic mass is 79.9. The summed E-state index contributed by atoms with van der Waals surface area (Å²) in [6, 6.07) is 4.82. The summed E-state index contributed by atoms with van der Waals surface area (Å²) in [5.74, 6) is 1.04. The van der Waals surface area contributed by atoms with E-state index < -0.39 is 0 Å². The van der Waals surface area contributed by atoms with E-state index in [-0.39, 0.29) is 5.82 Å². The Bertz CT molecular complexity index is 496. The van der Waals surface area contributed by atoms with Crippen molar-refractivity contribution in [1.82, 2.24) is 15.2 Å². The smallest absolute Gasteiger partial charge is 0.182 e. The third-order valence-corrected chi connectivity index (χ3v) is 3.02. The second-order valence-electron chi connectivity index (χ2n) is 3.46. The molecule has 0 atom stereocenters. The SMILES string of the molecule is CCCc1nc(-c2cccc(F)c2Br)n[nH]1. The molecule has 2 rings (SSSR count). The van der Waals surface area contributed by atoms with Crippen LogP contribution < -0.4 is 0 Å². The van der Waals surface area contributed by atoms with Crippen LogP contribution in [0.1, 0.15) is 19.2 Å². The summed E-state index contributed by atoms with van der Waals surface area (Å²) in [4.78, 5) is 4.31. The Labute approximate surface area is 101 Å². The van der Waals surface area contributed by atoms with Gasteiger partial charge in [-0.25, -0.2) is 9.37 Å². The number of aromatic amines is 1. The first kappa shape index (κ1) is 11.3. The van der Waals surface area contributed by atoms with Crippen molar-refractivity contribution in [3.05, 3.63) is 34.3 Å². The number of H-pyrrole nitrogens is 1. The molecule has 0 saturated heterocycles. The second kappa shape index (κ2) is 4.74. The zero-order valence-electron chi connectivity index (χ0n) is 8.80. The molecular formula is C11H11BrFN3. The standard InChI is InChI=1S/C11H11BrFN3/c1-2-4-9-14-11(16-15-9)7-5-3-6-8(13)10(7)12/h3,5-6H,2,4H2,1H3,(H,14,15,16). The number of aryl methyl sites for hydroxylation is 1. The molecule has 0 spiro atoms. The van der Waals surface area contributed by atoms with Crippen LogP contribution in [0.25, 0.3) is 11.4 Å². The summed E-state index contributed by atoms with van der Waals surface area (Å²) < 4.78 is 13.7. The van der Waals surface area contributed by atoms with Gasteiger partial charge in [-0.3, -0.25) is 5.10 Å². The summed E-state index contributed by atoms with van der Waals surface area (Å²) in [6.45, 7) is 2.07. The van der Waals surface area contributed by atoms with Crippen molar-refractivity contribution in [2.45, 2.75) is 19.8 Å². The number of rotatable bonds is 3. The quantitative estimate of drug-likeness (QED) is 0.939. The third-order valence-electron chi connectivity index (χ3n) is 2.21. The highest BCUT2D eigenvalue weighted by molar-refractivity contribution is 9.10. The van der Waals surface area contributed by atoms with E-state index in [1.54, 1.807) is 12.1 Å². The van der Waals surface area contributed by atoms with Crippen LogP contribution in [-0.4, -0.2) is 15.2 Å². The summed E-state index contributed by atoms with van der Waals surface area (Å²) in [6.07, 6.45) is 1.85. The van der Waals surface area contributed by atoms with Gasteiger partial charge in [0.05, 0.1) is 4.47 Å². The van der Waals surface area contributed by atoms with Crippen molar-refractivity contribution in [3.8, 4) is 11.4 Å². The molecule has 0 aliphatic rings. The lowest BCUT2D eigenvalue weighted by Gasteiger charge is -1.99. The molecule has 0 bridgehead atoms. The first-order valence-corrected chi connectivity index (χ1v) is 5.87. The Morgan fingerprint density at radius 3 is 3.00 bits per heavy atom. The molecule has 0 unspecified atom stereocenters. The lowest BCUT2D eigenvalue weighted by Crippen LogP contribution is -1.87. The molecule has 1 aromatic carbocycles. The predicted octanol–water partition coefficient (Wildman–Crippen LogP) is 3.33. The van der Waals surface area contributed by atoms with Crippen molar-refractivity contribution in [1.29, 1.82) is 0 Å². The summed E-state index contributed by atoms with van der Waals surface area (Å²) in [5.41, 5.74) is 0.665. The number of benzene rings is 1. The minimum atomic E-state index is -0.306. The van der Waals surface area contributed by atoms with Gasteiger partial charge in [0, 0.05) is 12.0 Å². The molecule has 3 nitrogen and oxygen atoms in total. The molecule has 0 amide bonds. The minimum absolute atomic E-state index is 0.306. The Hall–Kier alpha value is -1.23. The molecule has 1 N–H and O–H groups in total. The molecule has 84 valence electrons. The lowest BCUT2D eigenvalue weighted by molar-refractivity contribution is 0.621. The molecule has 1 aromatic heterocycles. The van der Waals surface area contributed by atoms with Crippen molar-refractivity contribution >= 4 is 15.9 Å². The second-order valence-corrected chi connectivity index (χ2v) is 4.25. The molecule has 0 fully saturated rings. The van der Waals surface area contributed by atoms with Gasteiger partial charge in [-0.1, -0.05) is 13.0 Å². The zero-order chi connectivity index (χ0) is 11.5. The number of aromatic nitrogens is 3. The van der Waals surface area contributed by atoms with Crippen LogP contribution >= 0.6 is 15.9 Å². The van der Waals surface area contributed by atoms with Gasteiger partial charge in [-0.05, 0) is 34.5 Å². The Balaban J connectivity index is 2.39. The van der Waals surface area contributed by atoms with E-state index in [0.29, 0.717) is 15.9 Å². The molecule has 16 heavy (non-hydrogen) atoms. The fourth-order valence-corrected chi connectivity index (χ4v) is 1.88. The fourth-order valence-electron chi connectivity index (χ4n) is 1.44. The summed E-state index contributed by atoms with van der Waals surface area (Å²) in [5, 5.41) is 6.92. The van der Waals surface area contributed by atoms with Gasteiger partial charge in [0.1, 0.15) is 11.6 Å². The van der Waals surface area contributed by atoms with E-state index in [1.165, 1.54) is 6.07 Å². The van der Waals surface area contributed by atoms with Crippen LogP contribution in [0, 0.1) is 5.82 Å². The lowest BCUT2D eigenvalue weighted by atomic mass is 10.2. The molecular weight excluding hydrogens is 273 g/mol. The van der Waals surface area contributed by atoms with Gasteiger partial charge in [0.25, 0.3) is 0 Å². The average molecular weight is 284 g/mol. The van der Waals surface area contributed by atoms with Crippen LogP contribution in [0.2, 0.25) is 0 Å². The van der Waals surface area contributed by atoms with Gasteiger partial charge >= 0.3 is 0 Å². The van der Waals surface area contributed by atoms with Crippen molar-refractivity contribution < 1.29 is 4.39 Å². The predicted molar refractivity (Wildman–Crippen MR) is 63.5 cm³/mol. The van der Waals surface area contributed by atoms with Crippen LogP contribution in [-0.2, 0) is 6.42 Å². The van der Waals surface area contributed by atoms with Crippen LogP contribution in [0.3, 0.4) is 0 Å². The fraction of sp³-hybridized carbons (Fsp3) is 0.273. The monoisotopic (exact) mass is 283 g/mol. The number of hydrogen-bond acceptors (Lipinski definition) is 2. The molecule has 5 heteroatoms. The van der Waals surface area contributed by atoms with Gasteiger partial charge < -0.3 is 0 Å². The van der Waals surface area contributed by atoms with E-state index in [4.69, 9.17) is 0 Å². The Morgan fingerprint density at radius 2 is 2.25 bits per heavy atom. The maximum absolute atomic E-state index is 13.3. The average Bonchev–Trinajstić information content (AvgIpc) is 2.71. The minimum Gasteiger partial charge on any atom is -0.263 e. The maximum Gasteiger partial charge on any atom is 0.182 e. The van der Waals surface area contributed by atoms with Crippen LogP contribution in [0.4, 0.5) is 4.39 Å². The topological polar surface area (TPSA) is 41.6 Å². The summed E-state index contributed by atoms with van der Waals surface area (Å²) >= 11 is 3.20. The molecule has 0 saturated carbocycles. The van der Waals surface area contributed by atoms with Gasteiger partial charge in [-0.15, -0.1) is 0 Å². The van der Waals surface area contributed by atoms with Crippen LogP contribution in [0.5, 0.6) is 0 Å². The van der Waals surface area contributed by atoms with Gasteiger partial charge in [0.2, 0.25) is 0 Å². The normalized spacial score (nSPS) is 10.7. The largest absolute Gasteiger partial charge is 0.263 e. The molecule has 0 radical (unpaired) electrons. The van der Waals surface area contributed by atoms with E-state index in [9.17, 15) is 4.39 Å². The third kappa shape index (κ3) is 2.14. The van der Waals surface area contributed by atoms with Crippen molar-refractivity contribution in [2.24, 2.45) is 0 Å². The molecule has 0 aliphatic heterocycles. The number of hydrogen-bond donors (Lipinski definition) is 1. The Kier molecular flexibility index (Phi) is 3.33.